The number of rotatable bonds is 2. The van der Waals surface area contributed by atoms with Crippen molar-refractivity contribution in [3.63, 3.8) is 0 Å². The third-order valence-corrected chi connectivity index (χ3v) is 6.09. The zero-order chi connectivity index (χ0) is 16.9. The topological polar surface area (TPSA) is 46.6 Å². The fourth-order valence-corrected chi connectivity index (χ4v) is 4.72. The molecule has 2 aliphatic heterocycles. The third kappa shape index (κ3) is 2.31. The van der Waals surface area contributed by atoms with Gasteiger partial charge >= 0.3 is 5.97 Å². The van der Waals surface area contributed by atoms with Gasteiger partial charge in [0.25, 0.3) is 0 Å². The molecule has 0 bridgehead atoms. The highest BCUT2D eigenvalue weighted by Crippen LogP contribution is 2.56. The van der Waals surface area contributed by atoms with E-state index in [1.165, 1.54) is 17.8 Å². The molecule has 1 unspecified atom stereocenters. The number of fused-ring (bicyclic) bond motifs is 3. The molecule has 4 nitrogen and oxygen atoms in total. The number of para-hydroxylation sites is 1. The molecular weight excluding hydrogens is 369 g/mol. The van der Waals surface area contributed by atoms with Crippen molar-refractivity contribution in [2.24, 2.45) is 0 Å². The highest BCUT2D eigenvalue weighted by atomic mass is 35.5. The van der Waals surface area contributed by atoms with Gasteiger partial charge in [0, 0.05) is 28.8 Å². The molecule has 2 heterocycles. The summed E-state index contributed by atoms with van der Waals surface area (Å²) in [5.74, 6) is -0.403. The summed E-state index contributed by atoms with van der Waals surface area (Å²) in [6.45, 7) is 0. The minimum atomic E-state index is -1.08. The number of anilines is 1. The lowest BCUT2D eigenvalue weighted by Crippen LogP contribution is -2.49. The van der Waals surface area contributed by atoms with Crippen LogP contribution in [0.5, 0.6) is 5.75 Å². The summed E-state index contributed by atoms with van der Waals surface area (Å²) in [5.41, 5.74) is 0.749. The number of amides is 1. The number of thioether (sulfide) groups is 1. The predicted molar refractivity (Wildman–Crippen MR) is 93.8 cm³/mol. The van der Waals surface area contributed by atoms with Crippen molar-refractivity contribution in [3.05, 3.63) is 52.5 Å². The van der Waals surface area contributed by atoms with Gasteiger partial charge in [-0.3, -0.25) is 9.69 Å². The van der Waals surface area contributed by atoms with E-state index in [1.807, 2.05) is 24.3 Å². The molecule has 2 aliphatic rings. The molecule has 2 aromatic carbocycles. The summed E-state index contributed by atoms with van der Waals surface area (Å²) in [5, 5.41) is 0.710. The van der Waals surface area contributed by atoms with Crippen molar-refractivity contribution >= 4 is 52.5 Å². The van der Waals surface area contributed by atoms with Crippen LogP contribution in [0.4, 0.5) is 5.69 Å². The molecule has 122 valence electrons. The van der Waals surface area contributed by atoms with Crippen molar-refractivity contribution in [1.82, 2.24) is 0 Å². The summed E-state index contributed by atoms with van der Waals surface area (Å²) in [4.78, 5) is 26.7. The minimum absolute atomic E-state index is 0.0819. The van der Waals surface area contributed by atoms with E-state index < -0.39 is 10.8 Å². The molecule has 0 saturated carbocycles. The highest BCUT2D eigenvalue weighted by Gasteiger charge is 2.58. The second kappa shape index (κ2) is 5.69. The lowest BCUT2D eigenvalue weighted by atomic mass is 10.2. The van der Waals surface area contributed by atoms with E-state index in [-0.39, 0.29) is 11.7 Å². The Balaban J connectivity index is 1.71. The lowest BCUT2D eigenvalue weighted by molar-refractivity contribution is -0.137. The standard InChI is InChI=1S/C17H11Cl2NO3S/c18-10-5-6-11(19)13(9-10)23-16(22)17-8-7-15(21)20(17)12-3-1-2-4-14(12)24-17/h1-6,9H,7-8H2. The van der Waals surface area contributed by atoms with Crippen molar-refractivity contribution in [3.8, 4) is 5.75 Å². The van der Waals surface area contributed by atoms with E-state index >= 15 is 0 Å². The average molecular weight is 380 g/mol. The van der Waals surface area contributed by atoms with E-state index in [1.54, 1.807) is 17.0 Å². The molecule has 0 radical (unpaired) electrons. The quantitative estimate of drug-likeness (QED) is 0.568. The predicted octanol–water partition coefficient (Wildman–Crippen LogP) is 4.53. The van der Waals surface area contributed by atoms with Gasteiger partial charge in [0.05, 0.1) is 10.7 Å². The second-order valence-electron chi connectivity index (χ2n) is 5.55. The van der Waals surface area contributed by atoms with Gasteiger partial charge in [0.15, 0.2) is 10.6 Å². The fraction of sp³-hybridized carbons (Fsp3) is 0.176. The Hall–Kier alpha value is -1.69. The molecule has 1 amide bonds. The molecular formula is C17H11Cl2NO3S. The molecule has 1 saturated heterocycles. The molecule has 1 atom stereocenters. The number of benzene rings is 2. The Labute approximate surface area is 152 Å². The van der Waals surface area contributed by atoms with Gasteiger partial charge in [-0.25, -0.2) is 4.79 Å². The Morgan fingerprint density at radius 1 is 1.21 bits per heavy atom. The van der Waals surface area contributed by atoms with Crippen molar-refractivity contribution < 1.29 is 14.3 Å². The first-order valence-corrected chi connectivity index (χ1v) is 8.87. The van der Waals surface area contributed by atoms with Crippen molar-refractivity contribution in [1.29, 1.82) is 0 Å². The number of ether oxygens (including phenoxy) is 1. The number of halogens is 2. The zero-order valence-corrected chi connectivity index (χ0v) is 14.6. The molecule has 0 aliphatic carbocycles. The van der Waals surface area contributed by atoms with Gasteiger partial charge in [-0.2, -0.15) is 0 Å². The summed E-state index contributed by atoms with van der Waals surface area (Å²) in [7, 11) is 0. The van der Waals surface area contributed by atoms with E-state index in [9.17, 15) is 9.59 Å². The van der Waals surface area contributed by atoms with Crippen molar-refractivity contribution in [2.75, 3.05) is 4.90 Å². The number of esters is 1. The molecule has 0 spiro atoms. The highest BCUT2D eigenvalue weighted by molar-refractivity contribution is 8.02. The van der Waals surface area contributed by atoms with E-state index in [4.69, 9.17) is 27.9 Å². The number of carbonyl (C=O) groups excluding carboxylic acids is 2. The SMILES string of the molecule is O=C1CCC2(C(=O)Oc3cc(Cl)ccc3Cl)Sc3ccccc3N12. The Kier molecular flexibility index (Phi) is 3.75. The van der Waals surface area contributed by atoms with Gasteiger partial charge in [-0.1, -0.05) is 47.1 Å². The summed E-state index contributed by atoms with van der Waals surface area (Å²) in [6, 6.07) is 12.1. The van der Waals surface area contributed by atoms with Gasteiger partial charge in [0.1, 0.15) is 0 Å². The van der Waals surface area contributed by atoms with Crippen LogP contribution in [0.25, 0.3) is 0 Å². The van der Waals surface area contributed by atoms with Crippen LogP contribution in [0.2, 0.25) is 10.0 Å². The first-order valence-electron chi connectivity index (χ1n) is 7.30. The Bertz CT molecular complexity index is 873. The van der Waals surface area contributed by atoms with Gasteiger partial charge in [0.2, 0.25) is 5.91 Å². The number of hydrogen-bond donors (Lipinski definition) is 0. The molecule has 0 N–H and O–H groups in total. The van der Waals surface area contributed by atoms with Crippen LogP contribution >= 0.6 is 35.0 Å². The Morgan fingerprint density at radius 3 is 2.83 bits per heavy atom. The molecule has 7 heteroatoms. The van der Waals surface area contributed by atoms with Crippen molar-refractivity contribution in [2.45, 2.75) is 22.6 Å². The third-order valence-electron chi connectivity index (χ3n) is 4.09. The fourth-order valence-electron chi connectivity index (χ4n) is 3.01. The van der Waals surface area contributed by atoms with Crippen LogP contribution in [0, 0.1) is 0 Å². The maximum atomic E-state index is 13.0. The zero-order valence-electron chi connectivity index (χ0n) is 12.3. The van der Waals surface area contributed by atoms with Crippen LogP contribution < -0.4 is 9.64 Å². The van der Waals surface area contributed by atoms with Crippen LogP contribution in [0.3, 0.4) is 0 Å². The van der Waals surface area contributed by atoms with Crippen LogP contribution in [-0.4, -0.2) is 16.7 Å². The first-order chi connectivity index (χ1) is 11.5. The molecule has 24 heavy (non-hydrogen) atoms. The lowest BCUT2D eigenvalue weighted by Gasteiger charge is -2.28. The van der Waals surface area contributed by atoms with Gasteiger partial charge in [-0.15, -0.1) is 0 Å². The smallest absolute Gasteiger partial charge is 0.348 e. The number of carbonyl (C=O) groups is 2. The Morgan fingerprint density at radius 2 is 2.00 bits per heavy atom. The molecule has 1 fully saturated rings. The first kappa shape index (κ1) is 15.8. The molecule has 4 rings (SSSR count). The second-order valence-corrected chi connectivity index (χ2v) is 7.71. The summed E-state index contributed by atoms with van der Waals surface area (Å²) < 4.78 is 5.52. The maximum Gasteiger partial charge on any atom is 0.348 e. The largest absolute Gasteiger partial charge is 0.422 e. The average Bonchev–Trinajstić information content (AvgIpc) is 3.07. The van der Waals surface area contributed by atoms with Gasteiger partial charge in [-0.05, 0) is 24.3 Å². The van der Waals surface area contributed by atoms with Crippen LogP contribution in [0.1, 0.15) is 12.8 Å². The number of hydrogen-bond acceptors (Lipinski definition) is 4. The normalized spacial score (nSPS) is 21.6. The summed E-state index contributed by atoms with van der Waals surface area (Å²) in [6.07, 6.45) is 0.696. The van der Waals surface area contributed by atoms with E-state index in [2.05, 4.69) is 0 Å². The minimum Gasteiger partial charge on any atom is -0.422 e. The monoisotopic (exact) mass is 379 g/mol. The van der Waals surface area contributed by atoms with E-state index in [0.29, 0.717) is 22.9 Å². The summed E-state index contributed by atoms with van der Waals surface area (Å²) >= 11 is 13.4. The molecule has 2 aromatic rings. The van der Waals surface area contributed by atoms with Crippen LogP contribution in [-0.2, 0) is 9.59 Å². The molecule has 0 aromatic heterocycles. The van der Waals surface area contributed by atoms with Gasteiger partial charge < -0.3 is 4.74 Å². The number of nitrogens with zero attached hydrogens (tertiary/aromatic N) is 1. The van der Waals surface area contributed by atoms with E-state index in [0.717, 1.165) is 10.6 Å². The maximum absolute atomic E-state index is 13.0. The van der Waals surface area contributed by atoms with Crippen LogP contribution in [0.15, 0.2) is 47.4 Å².